The van der Waals surface area contributed by atoms with E-state index in [0.717, 1.165) is 0 Å². The van der Waals surface area contributed by atoms with Gasteiger partial charge in [-0.15, -0.1) is 0 Å². The van der Waals surface area contributed by atoms with E-state index in [2.05, 4.69) is 10.6 Å². The number of carbonyl (C=O) groups excluding carboxylic acids is 2. The van der Waals surface area contributed by atoms with Crippen LogP contribution in [-0.2, 0) is 4.79 Å². The summed E-state index contributed by atoms with van der Waals surface area (Å²) in [6, 6.07) is 18.8. The highest BCUT2D eigenvalue weighted by molar-refractivity contribution is 6.30. The number of ether oxygens (including phenoxy) is 1. The molecule has 31 heavy (non-hydrogen) atoms. The van der Waals surface area contributed by atoms with Gasteiger partial charge in [0.15, 0.2) is 6.61 Å². The van der Waals surface area contributed by atoms with E-state index in [4.69, 9.17) is 20.8 Å². The predicted octanol–water partition coefficient (Wildman–Crippen LogP) is 5.50. The van der Waals surface area contributed by atoms with Crippen LogP contribution in [0.5, 0.6) is 5.75 Å². The van der Waals surface area contributed by atoms with Gasteiger partial charge in [0.25, 0.3) is 11.8 Å². The van der Waals surface area contributed by atoms with Crippen molar-refractivity contribution >= 4 is 45.8 Å². The van der Waals surface area contributed by atoms with E-state index >= 15 is 0 Å². The first-order chi connectivity index (χ1) is 15.0. The zero-order valence-electron chi connectivity index (χ0n) is 16.0. The van der Waals surface area contributed by atoms with Crippen molar-refractivity contribution in [3.63, 3.8) is 0 Å². The zero-order valence-corrected chi connectivity index (χ0v) is 16.8. The normalized spacial score (nSPS) is 10.6. The molecule has 4 aromatic rings. The molecular weight excluding hydrogens is 423 g/mol. The van der Waals surface area contributed by atoms with Gasteiger partial charge in [-0.1, -0.05) is 23.7 Å². The van der Waals surface area contributed by atoms with Crippen LogP contribution < -0.4 is 15.4 Å². The van der Waals surface area contributed by atoms with Crippen LogP contribution in [0.3, 0.4) is 0 Å². The van der Waals surface area contributed by atoms with Gasteiger partial charge in [-0.2, -0.15) is 0 Å². The summed E-state index contributed by atoms with van der Waals surface area (Å²) in [5, 5.41) is 6.43. The summed E-state index contributed by atoms with van der Waals surface area (Å²) in [4.78, 5) is 25.3. The number of hydrogen-bond acceptors (Lipinski definition) is 4. The molecule has 3 aromatic carbocycles. The van der Waals surface area contributed by atoms with E-state index in [9.17, 15) is 14.0 Å². The van der Waals surface area contributed by atoms with Crippen molar-refractivity contribution in [3.8, 4) is 5.75 Å². The summed E-state index contributed by atoms with van der Waals surface area (Å²) in [6.07, 6.45) is 0. The first kappa shape index (κ1) is 20.4. The van der Waals surface area contributed by atoms with Crippen molar-refractivity contribution in [1.82, 2.24) is 0 Å². The summed E-state index contributed by atoms with van der Waals surface area (Å²) >= 11 is 5.84. The molecule has 0 saturated heterocycles. The van der Waals surface area contributed by atoms with Gasteiger partial charge in [0, 0.05) is 16.1 Å². The molecule has 0 saturated carbocycles. The lowest BCUT2D eigenvalue weighted by Gasteiger charge is -2.09. The Labute approximate surface area is 181 Å². The number of fused-ring (bicyclic) bond motifs is 1. The molecule has 0 bridgehead atoms. The molecule has 1 aromatic heterocycles. The minimum Gasteiger partial charge on any atom is -0.484 e. The number of amides is 2. The maximum absolute atomic E-state index is 13.1. The Morgan fingerprint density at radius 1 is 0.935 bits per heavy atom. The van der Waals surface area contributed by atoms with Gasteiger partial charge in [-0.25, -0.2) is 4.39 Å². The second-order valence-corrected chi connectivity index (χ2v) is 6.99. The molecule has 156 valence electrons. The Morgan fingerprint density at radius 3 is 2.39 bits per heavy atom. The van der Waals surface area contributed by atoms with E-state index in [0.29, 0.717) is 27.4 Å². The lowest BCUT2D eigenvalue weighted by Crippen LogP contribution is -2.22. The molecule has 0 spiro atoms. The summed E-state index contributed by atoms with van der Waals surface area (Å²) in [5.41, 5.74) is 1.04. The summed E-state index contributed by atoms with van der Waals surface area (Å²) in [7, 11) is 0. The molecular formula is C23H16ClFN2O4. The average molecular weight is 439 g/mol. The molecule has 1 heterocycles. The number of nitrogens with one attached hydrogen (secondary N) is 2. The first-order valence-electron chi connectivity index (χ1n) is 9.26. The van der Waals surface area contributed by atoms with Crippen LogP contribution in [0, 0.1) is 5.82 Å². The summed E-state index contributed by atoms with van der Waals surface area (Å²) < 4.78 is 24.2. The number of furan rings is 1. The third kappa shape index (κ3) is 4.84. The van der Waals surface area contributed by atoms with E-state index in [1.165, 1.54) is 24.3 Å². The number of halogens is 2. The van der Waals surface area contributed by atoms with E-state index in [1.807, 2.05) is 0 Å². The topological polar surface area (TPSA) is 80.6 Å². The summed E-state index contributed by atoms with van der Waals surface area (Å²) in [6.45, 7) is -0.278. The molecule has 0 aliphatic carbocycles. The maximum atomic E-state index is 13.1. The Morgan fingerprint density at radius 2 is 1.65 bits per heavy atom. The smallest absolute Gasteiger partial charge is 0.293 e. The van der Waals surface area contributed by atoms with E-state index in [1.54, 1.807) is 48.5 Å². The average Bonchev–Trinajstić information content (AvgIpc) is 3.13. The highest BCUT2D eigenvalue weighted by Crippen LogP contribution is 2.31. The van der Waals surface area contributed by atoms with Gasteiger partial charge in [0.2, 0.25) is 5.76 Å². The highest BCUT2D eigenvalue weighted by atomic mass is 35.5. The van der Waals surface area contributed by atoms with Crippen molar-refractivity contribution in [2.24, 2.45) is 0 Å². The fourth-order valence-electron chi connectivity index (χ4n) is 2.91. The second-order valence-electron chi connectivity index (χ2n) is 6.55. The Hall–Kier alpha value is -3.84. The van der Waals surface area contributed by atoms with Crippen molar-refractivity contribution in [3.05, 3.63) is 89.4 Å². The van der Waals surface area contributed by atoms with E-state index < -0.39 is 17.6 Å². The molecule has 0 fully saturated rings. The Kier molecular flexibility index (Phi) is 5.86. The van der Waals surface area contributed by atoms with Crippen LogP contribution in [0.15, 0.2) is 77.2 Å². The number of rotatable bonds is 6. The molecule has 0 aliphatic rings. The molecule has 0 atom stereocenters. The minimum absolute atomic E-state index is 0.0784. The Balaban J connectivity index is 1.54. The zero-order chi connectivity index (χ0) is 21.8. The molecule has 2 amide bonds. The molecule has 0 radical (unpaired) electrons. The van der Waals surface area contributed by atoms with Crippen molar-refractivity contribution in [2.45, 2.75) is 0 Å². The van der Waals surface area contributed by atoms with Crippen molar-refractivity contribution in [2.75, 3.05) is 17.2 Å². The van der Waals surface area contributed by atoms with Crippen molar-refractivity contribution in [1.29, 1.82) is 0 Å². The van der Waals surface area contributed by atoms with Gasteiger partial charge in [-0.3, -0.25) is 9.59 Å². The first-order valence-corrected chi connectivity index (χ1v) is 9.64. The third-order valence-electron chi connectivity index (χ3n) is 4.35. The fourth-order valence-corrected chi connectivity index (χ4v) is 3.03. The Bertz CT molecular complexity index is 1240. The largest absolute Gasteiger partial charge is 0.484 e. The lowest BCUT2D eigenvalue weighted by molar-refractivity contribution is -0.118. The van der Waals surface area contributed by atoms with Gasteiger partial charge < -0.3 is 19.8 Å². The minimum atomic E-state index is -0.586. The fraction of sp³-hybridized carbons (Fsp3) is 0.0435. The van der Waals surface area contributed by atoms with Crippen LogP contribution in [-0.4, -0.2) is 18.4 Å². The number of hydrogen-bond donors (Lipinski definition) is 2. The van der Waals surface area contributed by atoms with Crippen LogP contribution in [0.4, 0.5) is 15.8 Å². The standard InChI is InChI=1S/C23H16ClFN2O4/c24-14-5-11-17(12-6-14)30-13-20(28)27-21-18-3-1-2-4-19(18)31-22(21)23(29)26-16-9-7-15(25)8-10-16/h1-12H,13H2,(H,26,29)(H,27,28). The molecule has 0 aliphatic heterocycles. The van der Waals surface area contributed by atoms with Crippen LogP contribution in [0.1, 0.15) is 10.6 Å². The molecule has 6 nitrogen and oxygen atoms in total. The van der Waals surface area contributed by atoms with Gasteiger partial charge in [0.05, 0.1) is 0 Å². The lowest BCUT2D eigenvalue weighted by atomic mass is 10.2. The second kappa shape index (κ2) is 8.89. The predicted molar refractivity (Wildman–Crippen MR) is 116 cm³/mol. The summed E-state index contributed by atoms with van der Waals surface area (Å²) in [5.74, 6) is -1.08. The number of benzene rings is 3. The molecule has 8 heteroatoms. The van der Waals surface area contributed by atoms with Gasteiger partial charge in [-0.05, 0) is 60.7 Å². The maximum Gasteiger partial charge on any atom is 0.293 e. The number of para-hydroxylation sites is 1. The van der Waals surface area contributed by atoms with Crippen molar-refractivity contribution < 1.29 is 23.1 Å². The van der Waals surface area contributed by atoms with Crippen LogP contribution in [0.2, 0.25) is 5.02 Å². The SMILES string of the molecule is O=C(COc1ccc(Cl)cc1)Nc1c(C(=O)Nc2ccc(F)cc2)oc2ccccc12. The highest BCUT2D eigenvalue weighted by Gasteiger charge is 2.22. The van der Waals surface area contributed by atoms with Crippen LogP contribution >= 0.6 is 11.6 Å². The quantitative estimate of drug-likeness (QED) is 0.417. The molecule has 4 rings (SSSR count). The van der Waals surface area contributed by atoms with Crippen LogP contribution in [0.25, 0.3) is 11.0 Å². The van der Waals surface area contributed by atoms with Gasteiger partial charge >= 0.3 is 0 Å². The molecule has 2 N–H and O–H groups in total. The number of carbonyl (C=O) groups is 2. The number of anilines is 2. The monoisotopic (exact) mass is 438 g/mol. The van der Waals surface area contributed by atoms with Gasteiger partial charge in [0.1, 0.15) is 22.8 Å². The van der Waals surface area contributed by atoms with E-state index in [-0.39, 0.29) is 18.1 Å². The molecule has 0 unspecified atom stereocenters. The third-order valence-corrected chi connectivity index (χ3v) is 4.60.